The lowest BCUT2D eigenvalue weighted by atomic mass is 10.1. The van der Waals surface area contributed by atoms with Gasteiger partial charge in [0.25, 0.3) is 0 Å². The van der Waals surface area contributed by atoms with Crippen LogP contribution in [-0.4, -0.2) is 12.0 Å². The molecule has 2 rings (SSSR count). The Bertz CT molecular complexity index is 540. The third-order valence-electron chi connectivity index (χ3n) is 3.06. The Morgan fingerprint density at radius 3 is 2.58 bits per heavy atom. The molecule has 4 heteroatoms. The van der Waals surface area contributed by atoms with Crippen molar-refractivity contribution >= 4 is 21.6 Å². The molecule has 0 spiro atoms. The molecule has 0 aliphatic heterocycles. The van der Waals surface area contributed by atoms with Crippen molar-refractivity contribution in [2.24, 2.45) is 5.73 Å². The Morgan fingerprint density at radius 1 is 1.26 bits per heavy atom. The molecule has 0 aliphatic carbocycles. The summed E-state index contributed by atoms with van der Waals surface area (Å²) in [5.74, 6) is 0. The van der Waals surface area contributed by atoms with E-state index in [1.807, 2.05) is 37.5 Å². The van der Waals surface area contributed by atoms with Gasteiger partial charge in [-0.1, -0.05) is 15.9 Å². The van der Waals surface area contributed by atoms with Crippen LogP contribution in [0.3, 0.4) is 0 Å². The number of hydrogen-bond donors (Lipinski definition) is 1. The fourth-order valence-electron chi connectivity index (χ4n) is 2.08. The number of nitrogens with two attached hydrogens (primary N) is 1. The summed E-state index contributed by atoms with van der Waals surface area (Å²) in [5.41, 5.74) is 9.60. The Kier molecular flexibility index (Phi) is 4.56. The lowest BCUT2D eigenvalue weighted by molar-refractivity contribution is 0.800. The van der Waals surface area contributed by atoms with Gasteiger partial charge in [0.15, 0.2) is 0 Å². The standard InChI is InChI=1S/C15H18BrN3/c1-11(17)14-9-13(16)3-4-15(14)19(2)10-12-5-7-18-8-6-12/h3-9,11H,10,17H2,1-2H3. The molecule has 1 heterocycles. The van der Waals surface area contributed by atoms with Gasteiger partial charge in [-0.15, -0.1) is 0 Å². The normalized spacial score (nSPS) is 12.2. The van der Waals surface area contributed by atoms with E-state index in [0.29, 0.717) is 0 Å². The van der Waals surface area contributed by atoms with E-state index in [9.17, 15) is 0 Å². The number of pyridine rings is 1. The molecule has 0 amide bonds. The molecule has 2 aromatic rings. The number of halogens is 1. The van der Waals surface area contributed by atoms with E-state index in [0.717, 1.165) is 22.3 Å². The molecule has 1 atom stereocenters. The second-order valence-corrected chi connectivity index (χ2v) is 5.62. The first-order valence-electron chi connectivity index (χ1n) is 6.23. The van der Waals surface area contributed by atoms with Gasteiger partial charge in [0.1, 0.15) is 0 Å². The fraction of sp³-hybridized carbons (Fsp3) is 0.267. The lowest BCUT2D eigenvalue weighted by Crippen LogP contribution is -2.20. The van der Waals surface area contributed by atoms with Crippen molar-refractivity contribution in [2.45, 2.75) is 19.5 Å². The zero-order chi connectivity index (χ0) is 13.8. The van der Waals surface area contributed by atoms with E-state index in [1.54, 1.807) is 0 Å². The number of benzene rings is 1. The molecule has 3 nitrogen and oxygen atoms in total. The zero-order valence-electron chi connectivity index (χ0n) is 11.2. The third-order valence-corrected chi connectivity index (χ3v) is 3.55. The van der Waals surface area contributed by atoms with E-state index in [1.165, 1.54) is 5.56 Å². The van der Waals surface area contributed by atoms with E-state index in [-0.39, 0.29) is 6.04 Å². The van der Waals surface area contributed by atoms with Gasteiger partial charge in [0.05, 0.1) is 0 Å². The molecular formula is C15H18BrN3. The molecule has 0 radical (unpaired) electrons. The predicted molar refractivity (Wildman–Crippen MR) is 83.1 cm³/mol. The summed E-state index contributed by atoms with van der Waals surface area (Å²) in [7, 11) is 2.08. The molecular weight excluding hydrogens is 302 g/mol. The molecule has 0 saturated heterocycles. The fourth-order valence-corrected chi connectivity index (χ4v) is 2.46. The third kappa shape index (κ3) is 3.55. The van der Waals surface area contributed by atoms with Crippen LogP contribution in [0.15, 0.2) is 47.2 Å². The Labute approximate surface area is 122 Å². The Morgan fingerprint density at radius 2 is 1.95 bits per heavy atom. The van der Waals surface area contributed by atoms with Crippen LogP contribution in [0, 0.1) is 0 Å². The van der Waals surface area contributed by atoms with Gasteiger partial charge >= 0.3 is 0 Å². The van der Waals surface area contributed by atoms with Gasteiger partial charge in [0.2, 0.25) is 0 Å². The molecule has 1 aromatic heterocycles. The van der Waals surface area contributed by atoms with E-state index < -0.39 is 0 Å². The number of nitrogens with zero attached hydrogens (tertiary/aromatic N) is 2. The molecule has 1 unspecified atom stereocenters. The summed E-state index contributed by atoms with van der Waals surface area (Å²) >= 11 is 3.50. The largest absolute Gasteiger partial charge is 0.370 e. The van der Waals surface area contributed by atoms with E-state index >= 15 is 0 Å². The Balaban J connectivity index is 2.26. The highest BCUT2D eigenvalue weighted by atomic mass is 79.9. The summed E-state index contributed by atoms with van der Waals surface area (Å²) in [4.78, 5) is 6.25. The van der Waals surface area contributed by atoms with Gasteiger partial charge in [0, 0.05) is 42.2 Å². The highest BCUT2D eigenvalue weighted by Crippen LogP contribution is 2.28. The molecule has 0 aliphatic rings. The van der Waals surface area contributed by atoms with Gasteiger partial charge in [-0.25, -0.2) is 0 Å². The highest BCUT2D eigenvalue weighted by Gasteiger charge is 2.11. The zero-order valence-corrected chi connectivity index (χ0v) is 12.8. The van der Waals surface area contributed by atoms with Crippen LogP contribution < -0.4 is 10.6 Å². The molecule has 0 fully saturated rings. The summed E-state index contributed by atoms with van der Waals surface area (Å²) in [6, 6.07) is 10.3. The summed E-state index contributed by atoms with van der Waals surface area (Å²) in [6.45, 7) is 2.84. The van der Waals surface area contributed by atoms with Crippen LogP contribution in [-0.2, 0) is 6.54 Å². The maximum atomic E-state index is 6.06. The van der Waals surface area contributed by atoms with Crippen molar-refractivity contribution in [3.8, 4) is 0 Å². The maximum absolute atomic E-state index is 6.06. The van der Waals surface area contributed by atoms with Crippen molar-refractivity contribution in [2.75, 3.05) is 11.9 Å². The smallest absolute Gasteiger partial charge is 0.0427 e. The van der Waals surface area contributed by atoms with Crippen LogP contribution in [0.5, 0.6) is 0 Å². The van der Waals surface area contributed by atoms with Crippen LogP contribution in [0.2, 0.25) is 0 Å². The second-order valence-electron chi connectivity index (χ2n) is 4.70. The minimum atomic E-state index is 0.00684. The molecule has 19 heavy (non-hydrogen) atoms. The predicted octanol–water partition coefficient (Wildman–Crippen LogP) is 3.50. The summed E-state index contributed by atoms with van der Waals surface area (Å²) in [6.07, 6.45) is 3.63. The first kappa shape index (κ1) is 14.0. The van der Waals surface area contributed by atoms with Crippen LogP contribution in [0.1, 0.15) is 24.1 Å². The first-order valence-corrected chi connectivity index (χ1v) is 7.02. The maximum Gasteiger partial charge on any atom is 0.0427 e. The number of hydrogen-bond acceptors (Lipinski definition) is 3. The van der Waals surface area contributed by atoms with Gasteiger partial charge < -0.3 is 10.6 Å². The first-order chi connectivity index (χ1) is 9.08. The molecule has 0 bridgehead atoms. The van der Waals surface area contributed by atoms with Crippen molar-refractivity contribution in [1.82, 2.24) is 4.98 Å². The Hall–Kier alpha value is -1.39. The van der Waals surface area contributed by atoms with Crippen molar-refractivity contribution in [3.05, 3.63) is 58.3 Å². The average molecular weight is 320 g/mol. The van der Waals surface area contributed by atoms with Crippen LogP contribution in [0.4, 0.5) is 5.69 Å². The lowest BCUT2D eigenvalue weighted by Gasteiger charge is -2.24. The monoisotopic (exact) mass is 319 g/mol. The molecule has 100 valence electrons. The minimum absolute atomic E-state index is 0.00684. The van der Waals surface area contributed by atoms with E-state index in [4.69, 9.17) is 5.73 Å². The van der Waals surface area contributed by atoms with Crippen LogP contribution in [0.25, 0.3) is 0 Å². The number of anilines is 1. The van der Waals surface area contributed by atoms with Crippen LogP contribution >= 0.6 is 15.9 Å². The van der Waals surface area contributed by atoms with Gasteiger partial charge in [-0.3, -0.25) is 4.98 Å². The second kappa shape index (κ2) is 6.17. The van der Waals surface area contributed by atoms with Gasteiger partial charge in [-0.2, -0.15) is 0 Å². The highest BCUT2D eigenvalue weighted by molar-refractivity contribution is 9.10. The summed E-state index contributed by atoms with van der Waals surface area (Å²) in [5, 5.41) is 0. The minimum Gasteiger partial charge on any atom is -0.370 e. The van der Waals surface area contributed by atoms with E-state index in [2.05, 4.69) is 45.0 Å². The van der Waals surface area contributed by atoms with Crippen molar-refractivity contribution in [3.63, 3.8) is 0 Å². The quantitative estimate of drug-likeness (QED) is 0.937. The van der Waals surface area contributed by atoms with Crippen molar-refractivity contribution < 1.29 is 0 Å². The summed E-state index contributed by atoms with van der Waals surface area (Å²) < 4.78 is 1.06. The molecule has 0 saturated carbocycles. The average Bonchev–Trinajstić information content (AvgIpc) is 2.39. The molecule has 2 N–H and O–H groups in total. The topological polar surface area (TPSA) is 42.1 Å². The SMILES string of the molecule is CC(N)c1cc(Br)ccc1N(C)Cc1ccncc1. The number of aromatic nitrogens is 1. The van der Waals surface area contributed by atoms with Crippen molar-refractivity contribution in [1.29, 1.82) is 0 Å². The number of rotatable bonds is 4. The van der Waals surface area contributed by atoms with Gasteiger partial charge in [-0.05, 0) is 48.4 Å². The molecule has 1 aromatic carbocycles.